The van der Waals surface area contributed by atoms with E-state index < -0.39 is 23.1 Å². The number of benzene rings is 1. The highest BCUT2D eigenvalue weighted by Crippen LogP contribution is 2.53. The maximum absolute atomic E-state index is 13.3. The van der Waals surface area contributed by atoms with Gasteiger partial charge in [0.15, 0.2) is 11.5 Å². The van der Waals surface area contributed by atoms with Gasteiger partial charge in [0.05, 0.1) is 12.2 Å². The second kappa shape index (κ2) is 9.24. The van der Waals surface area contributed by atoms with Crippen LogP contribution in [0.5, 0.6) is 0 Å². The highest BCUT2D eigenvalue weighted by atomic mass is 19.4. The van der Waals surface area contributed by atoms with Crippen LogP contribution in [0.2, 0.25) is 0 Å². The summed E-state index contributed by atoms with van der Waals surface area (Å²) in [5.74, 6) is -1.28. The lowest BCUT2D eigenvalue weighted by atomic mass is 9.86. The van der Waals surface area contributed by atoms with E-state index in [2.05, 4.69) is 21.9 Å². The molecule has 43 heavy (non-hydrogen) atoms. The van der Waals surface area contributed by atoms with E-state index in [-0.39, 0.29) is 42.2 Å². The number of rotatable bonds is 5. The Morgan fingerprint density at radius 1 is 1.16 bits per heavy atom. The van der Waals surface area contributed by atoms with Crippen molar-refractivity contribution < 1.29 is 23.1 Å². The molecule has 1 unspecified atom stereocenters. The van der Waals surface area contributed by atoms with E-state index in [0.717, 1.165) is 28.9 Å². The largest absolute Gasteiger partial charge is 0.471 e. The van der Waals surface area contributed by atoms with Crippen molar-refractivity contribution in [3.8, 4) is 5.82 Å². The van der Waals surface area contributed by atoms with E-state index in [1.807, 2.05) is 18.2 Å². The molecule has 1 atom stereocenters. The van der Waals surface area contributed by atoms with Crippen molar-refractivity contribution in [2.24, 2.45) is 0 Å². The van der Waals surface area contributed by atoms with Gasteiger partial charge in [-0.15, -0.1) is 6.58 Å². The monoisotopic (exact) mass is 591 g/mol. The quantitative estimate of drug-likeness (QED) is 0.337. The van der Waals surface area contributed by atoms with E-state index in [1.54, 1.807) is 29.8 Å². The van der Waals surface area contributed by atoms with E-state index in [1.165, 1.54) is 10.9 Å². The van der Waals surface area contributed by atoms with E-state index in [4.69, 9.17) is 4.98 Å². The van der Waals surface area contributed by atoms with Gasteiger partial charge in [0.1, 0.15) is 11.0 Å². The van der Waals surface area contributed by atoms with Crippen LogP contribution in [0.3, 0.4) is 0 Å². The molecule has 0 bridgehead atoms. The molecule has 1 aromatic carbocycles. The second-order valence-corrected chi connectivity index (χ2v) is 11.8. The normalized spacial score (nSPS) is 20.3. The zero-order valence-corrected chi connectivity index (χ0v) is 23.3. The molecule has 3 aromatic heterocycles. The number of aromatic nitrogens is 5. The average Bonchev–Trinajstić information content (AvgIpc) is 3.59. The van der Waals surface area contributed by atoms with Crippen LogP contribution in [0.25, 0.3) is 16.9 Å². The Bertz CT molecular complexity index is 1890. The Balaban J connectivity index is 1.27. The first-order valence-corrected chi connectivity index (χ1v) is 14.0. The number of fused-ring (bicyclic) bond motifs is 4. The van der Waals surface area contributed by atoms with Crippen molar-refractivity contribution in [3.63, 3.8) is 0 Å². The summed E-state index contributed by atoms with van der Waals surface area (Å²) in [4.78, 5) is 40.0. The lowest BCUT2D eigenvalue weighted by Gasteiger charge is -2.35. The Hall–Kier alpha value is -4.52. The minimum atomic E-state index is -4.94. The Kier molecular flexibility index (Phi) is 5.87. The first-order valence-electron chi connectivity index (χ1n) is 14.0. The molecule has 3 aliphatic rings. The summed E-state index contributed by atoms with van der Waals surface area (Å²) in [6, 6.07) is 9.09. The van der Waals surface area contributed by atoms with Gasteiger partial charge in [0.2, 0.25) is 5.95 Å². The summed E-state index contributed by atoms with van der Waals surface area (Å²) in [5, 5.41) is 14.2. The summed E-state index contributed by atoms with van der Waals surface area (Å²) in [7, 11) is 0. The minimum Gasteiger partial charge on any atom is -0.384 e. The molecule has 0 saturated heterocycles. The number of hydrogen-bond donors (Lipinski definition) is 2. The Labute approximate surface area is 243 Å². The van der Waals surface area contributed by atoms with Gasteiger partial charge >= 0.3 is 12.1 Å². The van der Waals surface area contributed by atoms with Crippen molar-refractivity contribution in [1.82, 2.24) is 29.2 Å². The molecule has 2 aliphatic carbocycles. The topological polar surface area (TPSA) is 118 Å². The Morgan fingerprint density at radius 3 is 2.67 bits per heavy atom. The molecule has 4 heterocycles. The zero-order valence-electron chi connectivity index (χ0n) is 23.3. The first kappa shape index (κ1) is 27.3. The lowest BCUT2D eigenvalue weighted by molar-refractivity contribution is -0.187. The summed E-state index contributed by atoms with van der Waals surface area (Å²) in [6.07, 6.45) is 0.743. The molecule has 1 spiro atoms. The van der Waals surface area contributed by atoms with Crippen molar-refractivity contribution in [1.29, 1.82) is 0 Å². The predicted octanol–water partition coefficient (Wildman–Crippen LogP) is 4.00. The molecule has 1 saturated carbocycles. The van der Waals surface area contributed by atoms with Gasteiger partial charge in [-0.1, -0.05) is 18.2 Å². The number of nitrogens with one attached hydrogen (secondary N) is 1. The van der Waals surface area contributed by atoms with Crippen molar-refractivity contribution >= 4 is 28.6 Å². The lowest BCUT2D eigenvalue weighted by Crippen LogP contribution is -2.47. The highest BCUT2D eigenvalue weighted by molar-refractivity contribution is 5.82. The van der Waals surface area contributed by atoms with Crippen LogP contribution in [0.15, 0.2) is 54.0 Å². The SMILES string of the molecule is C=CCn1c(=O)c2cnc(Nc3ccc4c(c3)CN(C(=O)C(F)(F)F)CC43CC3)nc2n1-c1ccc2c(n1)C(C)(O)CC2. The average molecular weight is 592 g/mol. The standard InChI is InChI=1S/C30H28F3N7O3/c1-3-12-39-25(41)20-14-34-27(37-24(20)40(39)22-7-4-17-8-9-28(2,43)23(17)36-22)35-19-5-6-21-18(13-19)15-38(16-29(21)10-11-29)26(42)30(31,32)33/h3-7,13-14,43H,1,8-12,15-16H2,2H3,(H,34,35,37). The number of hydrogen-bond acceptors (Lipinski definition) is 7. The predicted molar refractivity (Wildman–Crippen MR) is 151 cm³/mol. The van der Waals surface area contributed by atoms with E-state index >= 15 is 0 Å². The van der Waals surface area contributed by atoms with Gasteiger partial charge in [0.25, 0.3) is 5.56 Å². The fraction of sp³-hybridized carbons (Fsp3) is 0.367. The fourth-order valence-electron chi connectivity index (χ4n) is 6.43. The number of nitrogens with zero attached hydrogens (tertiary/aromatic N) is 6. The van der Waals surface area contributed by atoms with Crippen LogP contribution in [-0.4, -0.2) is 53.0 Å². The maximum Gasteiger partial charge on any atom is 0.471 e. The van der Waals surface area contributed by atoms with Crippen LogP contribution in [0.1, 0.15) is 48.6 Å². The first-order chi connectivity index (χ1) is 20.4. The molecule has 222 valence electrons. The number of halogens is 3. The number of allylic oxidation sites excluding steroid dienone is 1. The summed E-state index contributed by atoms with van der Waals surface area (Å²) in [6.45, 7) is 5.56. The maximum atomic E-state index is 13.3. The van der Waals surface area contributed by atoms with Crippen molar-refractivity contribution in [2.75, 3.05) is 11.9 Å². The number of anilines is 2. The van der Waals surface area contributed by atoms with E-state index in [0.29, 0.717) is 35.6 Å². The molecule has 2 N–H and O–H groups in total. The molecule has 10 nitrogen and oxygen atoms in total. The van der Waals surface area contributed by atoms with Crippen LogP contribution in [-0.2, 0) is 35.3 Å². The number of carbonyl (C=O) groups excluding carboxylic acids is 1. The zero-order chi connectivity index (χ0) is 30.3. The molecule has 1 amide bonds. The number of carbonyl (C=O) groups is 1. The van der Waals surface area contributed by atoms with Crippen LogP contribution >= 0.6 is 0 Å². The van der Waals surface area contributed by atoms with Gasteiger partial charge in [-0.3, -0.25) is 9.59 Å². The summed E-state index contributed by atoms with van der Waals surface area (Å²) >= 11 is 0. The molecular formula is C30H28F3N7O3. The molecule has 13 heteroatoms. The van der Waals surface area contributed by atoms with Crippen LogP contribution in [0.4, 0.5) is 24.8 Å². The number of aliphatic hydroxyl groups is 1. The van der Waals surface area contributed by atoms with Gasteiger partial charge in [-0.25, -0.2) is 19.3 Å². The summed E-state index contributed by atoms with van der Waals surface area (Å²) in [5.41, 5.74) is 2.02. The van der Waals surface area contributed by atoms with Crippen molar-refractivity contribution in [3.05, 3.63) is 81.9 Å². The molecule has 7 rings (SSSR count). The Morgan fingerprint density at radius 2 is 1.95 bits per heavy atom. The third-order valence-corrected chi connectivity index (χ3v) is 8.72. The fourth-order valence-corrected chi connectivity index (χ4v) is 6.43. The van der Waals surface area contributed by atoms with Crippen molar-refractivity contribution in [2.45, 2.75) is 62.9 Å². The molecular weight excluding hydrogens is 563 g/mol. The minimum absolute atomic E-state index is 0.0519. The van der Waals surface area contributed by atoms with Gasteiger partial charge < -0.3 is 15.3 Å². The van der Waals surface area contributed by atoms with Gasteiger partial charge in [0, 0.05) is 30.4 Å². The smallest absolute Gasteiger partial charge is 0.384 e. The molecule has 1 fully saturated rings. The summed E-state index contributed by atoms with van der Waals surface area (Å²) < 4.78 is 42.7. The molecule has 4 aromatic rings. The third-order valence-electron chi connectivity index (χ3n) is 8.72. The molecule has 1 aliphatic heterocycles. The van der Waals surface area contributed by atoms with Gasteiger partial charge in [-0.2, -0.15) is 18.2 Å². The number of pyridine rings is 1. The van der Waals surface area contributed by atoms with Crippen LogP contribution in [0, 0.1) is 0 Å². The number of alkyl halides is 3. The third kappa shape index (κ3) is 4.41. The van der Waals surface area contributed by atoms with E-state index in [9.17, 15) is 27.9 Å². The number of aryl methyl sites for hydroxylation is 1. The van der Waals surface area contributed by atoms with Gasteiger partial charge in [-0.05, 0) is 67.5 Å². The second-order valence-electron chi connectivity index (χ2n) is 11.8. The van der Waals surface area contributed by atoms with Crippen LogP contribution < -0.4 is 10.9 Å². The molecule has 0 radical (unpaired) electrons. The number of amides is 1. The highest BCUT2D eigenvalue weighted by Gasteiger charge is 2.53.